The molecule has 0 aliphatic heterocycles. The van der Waals surface area contributed by atoms with Crippen LogP contribution in [0.3, 0.4) is 0 Å². The van der Waals surface area contributed by atoms with Gasteiger partial charge in [-0.3, -0.25) is 4.79 Å². The number of hydrogen-bond donors (Lipinski definition) is 4. The van der Waals surface area contributed by atoms with Crippen LogP contribution in [0.5, 0.6) is 0 Å². The number of pyridine rings is 1. The number of nitrogens with one attached hydrogen (secondary N) is 4. The number of rotatable bonds is 8. The van der Waals surface area contributed by atoms with Crippen LogP contribution in [0.15, 0.2) is 24.3 Å². The largest absolute Gasteiger partial charge is 0.444 e. The summed E-state index contributed by atoms with van der Waals surface area (Å²) in [6.45, 7) is 6.01. The summed E-state index contributed by atoms with van der Waals surface area (Å²) in [6.07, 6.45) is -0.510. The molecular formula is C20H30N8O3. The standard InChI is InChI=1S/C20H30N8O3/c1-20(2,3)31-19(30)23-12-11-22-17-13(7-8-14(21-4)24-17)18(29)25-15-9-10-16(27-26-15)28(5)6/h7-10H,11-12H2,1-6H3,(H,23,30)(H2,21,22,24)(H,25,26,29). The van der Waals surface area contributed by atoms with Gasteiger partial charge in [0.2, 0.25) is 0 Å². The van der Waals surface area contributed by atoms with Crippen molar-refractivity contribution in [1.29, 1.82) is 0 Å². The molecule has 0 fully saturated rings. The first-order valence-corrected chi connectivity index (χ1v) is 9.81. The third kappa shape index (κ3) is 7.61. The molecule has 0 aromatic carbocycles. The highest BCUT2D eigenvalue weighted by molar-refractivity contribution is 6.07. The number of ether oxygens (including phenoxy) is 1. The molecule has 168 valence electrons. The number of carbonyl (C=O) groups excluding carboxylic acids is 2. The molecule has 0 radical (unpaired) electrons. The van der Waals surface area contributed by atoms with Crippen molar-refractivity contribution in [2.45, 2.75) is 26.4 Å². The van der Waals surface area contributed by atoms with Crippen LogP contribution in [0.1, 0.15) is 31.1 Å². The van der Waals surface area contributed by atoms with Gasteiger partial charge in [0.1, 0.15) is 17.2 Å². The predicted octanol–water partition coefficient (Wildman–Crippen LogP) is 2.17. The van der Waals surface area contributed by atoms with E-state index >= 15 is 0 Å². The van der Waals surface area contributed by atoms with E-state index in [4.69, 9.17) is 4.74 Å². The van der Waals surface area contributed by atoms with Gasteiger partial charge in [0.25, 0.3) is 5.91 Å². The molecule has 0 atom stereocenters. The maximum atomic E-state index is 12.8. The van der Waals surface area contributed by atoms with Crippen LogP contribution in [0.25, 0.3) is 0 Å². The third-order valence-electron chi connectivity index (χ3n) is 3.83. The second kappa shape index (κ2) is 10.4. The smallest absolute Gasteiger partial charge is 0.407 e. The lowest BCUT2D eigenvalue weighted by atomic mass is 10.2. The fourth-order valence-corrected chi connectivity index (χ4v) is 2.39. The molecule has 0 saturated heterocycles. The maximum absolute atomic E-state index is 12.8. The molecule has 2 heterocycles. The van der Waals surface area contributed by atoms with Crippen LogP contribution in [0.2, 0.25) is 0 Å². The average Bonchev–Trinajstić information content (AvgIpc) is 2.70. The fourth-order valence-electron chi connectivity index (χ4n) is 2.39. The summed E-state index contributed by atoms with van der Waals surface area (Å²) in [5, 5.41) is 19.4. The average molecular weight is 431 g/mol. The fraction of sp³-hybridized carbons (Fsp3) is 0.450. The Balaban J connectivity index is 2.03. The zero-order valence-corrected chi connectivity index (χ0v) is 18.7. The van der Waals surface area contributed by atoms with Crippen LogP contribution < -0.4 is 26.2 Å². The normalized spacial score (nSPS) is 10.8. The highest BCUT2D eigenvalue weighted by Gasteiger charge is 2.17. The first kappa shape index (κ1) is 23.6. The second-order valence-corrected chi connectivity index (χ2v) is 7.82. The van der Waals surface area contributed by atoms with E-state index in [9.17, 15) is 9.59 Å². The Labute approximate surface area is 182 Å². The van der Waals surface area contributed by atoms with Crippen molar-refractivity contribution in [1.82, 2.24) is 20.5 Å². The Bertz CT molecular complexity index is 894. The summed E-state index contributed by atoms with van der Waals surface area (Å²) in [5.41, 5.74) is -0.242. The molecule has 0 aliphatic carbocycles. The number of amides is 2. The molecular weight excluding hydrogens is 400 g/mol. The Morgan fingerprint density at radius 2 is 1.74 bits per heavy atom. The van der Waals surface area contributed by atoms with E-state index in [-0.39, 0.29) is 5.91 Å². The van der Waals surface area contributed by atoms with E-state index in [0.29, 0.717) is 41.9 Å². The summed E-state index contributed by atoms with van der Waals surface area (Å²) in [6, 6.07) is 6.78. The minimum absolute atomic E-state index is 0.291. The molecule has 2 aromatic heterocycles. The van der Waals surface area contributed by atoms with Crippen molar-refractivity contribution in [3.8, 4) is 0 Å². The minimum atomic E-state index is -0.570. The van der Waals surface area contributed by atoms with Crippen LogP contribution >= 0.6 is 0 Å². The molecule has 11 nitrogen and oxygen atoms in total. The molecule has 0 aliphatic rings. The maximum Gasteiger partial charge on any atom is 0.407 e. The Morgan fingerprint density at radius 3 is 2.32 bits per heavy atom. The van der Waals surface area contributed by atoms with E-state index in [0.717, 1.165) is 0 Å². The van der Waals surface area contributed by atoms with Gasteiger partial charge >= 0.3 is 6.09 Å². The summed E-state index contributed by atoms with van der Waals surface area (Å²) in [4.78, 5) is 30.7. The Kier molecular flexibility index (Phi) is 7.94. The van der Waals surface area contributed by atoms with E-state index in [1.54, 1.807) is 52.1 Å². The van der Waals surface area contributed by atoms with Crippen LogP contribution in [-0.4, -0.2) is 67.0 Å². The molecule has 0 unspecified atom stereocenters. The lowest BCUT2D eigenvalue weighted by molar-refractivity contribution is 0.0530. The van der Waals surface area contributed by atoms with E-state index in [2.05, 4.69) is 36.4 Å². The molecule has 4 N–H and O–H groups in total. The summed E-state index contributed by atoms with van der Waals surface area (Å²) >= 11 is 0. The van der Waals surface area contributed by atoms with Gasteiger partial charge in [-0.05, 0) is 45.0 Å². The number of nitrogens with zero attached hydrogens (tertiary/aromatic N) is 4. The molecule has 0 saturated carbocycles. The van der Waals surface area contributed by atoms with Gasteiger partial charge in [0.15, 0.2) is 11.6 Å². The molecule has 2 aromatic rings. The van der Waals surface area contributed by atoms with Gasteiger partial charge in [-0.2, -0.15) is 0 Å². The topological polar surface area (TPSA) is 133 Å². The molecule has 0 spiro atoms. The molecule has 11 heteroatoms. The van der Waals surface area contributed by atoms with Crippen molar-refractivity contribution in [2.24, 2.45) is 0 Å². The molecule has 2 rings (SSSR count). The SMILES string of the molecule is CNc1ccc(C(=O)Nc2ccc(N(C)C)nn2)c(NCCNC(=O)OC(C)(C)C)n1. The van der Waals surface area contributed by atoms with Gasteiger partial charge in [-0.1, -0.05) is 0 Å². The quantitative estimate of drug-likeness (QED) is 0.465. The first-order chi connectivity index (χ1) is 14.6. The van der Waals surface area contributed by atoms with Gasteiger partial charge in [0, 0.05) is 34.2 Å². The molecule has 0 bridgehead atoms. The van der Waals surface area contributed by atoms with Crippen LogP contribution in [0, 0.1) is 0 Å². The van der Waals surface area contributed by atoms with Gasteiger partial charge < -0.3 is 30.9 Å². The number of anilines is 4. The third-order valence-corrected chi connectivity index (χ3v) is 3.83. The summed E-state index contributed by atoms with van der Waals surface area (Å²) < 4.78 is 5.19. The van der Waals surface area contributed by atoms with Gasteiger partial charge in [-0.25, -0.2) is 9.78 Å². The lowest BCUT2D eigenvalue weighted by Crippen LogP contribution is -2.35. The molecule has 31 heavy (non-hydrogen) atoms. The van der Waals surface area contributed by atoms with Crippen molar-refractivity contribution < 1.29 is 14.3 Å². The van der Waals surface area contributed by atoms with Gasteiger partial charge in [0.05, 0.1) is 5.56 Å². The summed E-state index contributed by atoms with van der Waals surface area (Å²) in [5.74, 6) is 1.58. The monoisotopic (exact) mass is 430 g/mol. The number of carbonyl (C=O) groups is 2. The Morgan fingerprint density at radius 1 is 1.03 bits per heavy atom. The van der Waals surface area contributed by atoms with Crippen LogP contribution in [-0.2, 0) is 4.74 Å². The van der Waals surface area contributed by atoms with Crippen molar-refractivity contribution in [3.05, 3.63) is 29.8 Å². The number of hydrogen-bond acceptors (Lipinski definition) is 9. The number of alkyl carbamates (subject to hydrolysis) is 1. The van der Waals surface area contributed by atoms with E-state index < -0.39 is 11.7 Å². The second-order valence-electron chi connectivity index (χ2n) is 7.82. The predicted molar refractivity (Wildman–Crippen MR) is 121 cm³/mol. The van der Waals surface area contributed by atoms with Crippen molar-refractivity contribution >= 4 is 35.3 Å². The van der Waals surface area contributed by atoms with E-state index in [1.165, 1.54) is 0 Å². The highest BCUT2D eigenvalue weighted by Crippen LogP contribution is 2.18. The zero-order chi connectivity index (χ0) is 23.0. The zero-order valence-electron chi connectivity index (χ0n) is 18.7. The van der Waals surface area contributed by atoms with E-state index in [1.807, 2.05) is 19.0 Å². The number of aromatic nitrogens is 3. The molecule has 2 amide bonds. The minimum Gasteiger partial charge on any atom is -0.444 e. The summed E-state index contributed by atoms with van der Waals surface area (Å²) in [7, 11) is 5.44. The van der Waals surface area contributed by atoms with Crippen molar-refractivity contribution in [3.63, 3.8) is 0 Å². The first-order valence-electron chi connectivity index (χ1n) is 9.81. The van der Waals surface area contributed by atoms with Crippen molar-refractivity contribution in [2.75, 3.05) is 55.1 Å². The highest BCUT2D eigenvalue weighted by atomic mass is 16.6. The van der Waals surface area contributed by atoms with Crippen LogP contribution in [0.4, 0.5) is 28.1 Å². The lowest BCUT2D eigenvalue weighted by Gasteiger charge is -2.19. The van der Waals surface area contributed by atoms with Gasteiger partial charge in [-0.15, -0.1) is 10.2 Å². The Hall–Kier alpha value is -3.63.